The summed E-state index contributed by atoms with van der Waals surface area (Å²) in [5.41, 5.74) is 3.57. The quantitative estimate of drug-likeness (QED) is 0.898. The monoisotopic (exact) mass is 340 g/mol. The summed E-state index contributed by atoms with van der Waals surface area (Å²) in [5, 5.41) is 2.98. The Hall–Kier alpha value is -2.69. The maximum Gasteiger partial charge on any atom is 0.255 e. The Bertz CT molecular complexity index is 770. The fraction of sp³-hybridized carbons (Fsp3) is 0.350. The van der Waals surface area contributed by atoms with Crippen LogP contribution in [-0.2, 0) is 0 Å². The Morgan fingerprint density at radius 2 is 1.76 bits per heavy atom. The lowest BCUT2D eigenvalue weighted by Gasteiger charge is -2.22. The number of hydrogen-bond donors (Lipinski definition) is 1. The van der Waals surface area contributed by atoms with E-state index in [4.69, 9.17) is 9.47 Å². The van der Waals surface area contributed by atoms with Gasteiger partial charge in [-0.2, -0.15) is 0 Å². The highest BCUT2D eigenvalue weighted by Crippen LogP contribution is 2.31. The van der Waals surface area contributed by atoms with Crippen LogP contribution in [0.5, 0.6) is 11.5 Å². The number of anilines is 2. The van der Waals surface area contributed by atoms with E-state index in [0.29, 0.717) is 30.3 Å². The van der Waals surface area contributed by atoms with Crippen LogP contribution in [0.15, 0.2) is 36.4 Å². The van der Waals surface area contributed by atoms with Crippen molar-refractivity contribution in [2.45, 2.75) is 20.8 Å². The van der Waals surface area contributed by atoms with Gasteiger partial charge in [0.05, 0.1) is 0 Å². The second-order valence-corrected chi connectivity index (χ2v) is 5.98. The Labute approximate surface area is 148 Å². The molecule has 1 heterocycles. The molecule has 5 heteroatoms. The van der Waals surface area contributed by atoms with Crippen molar-refractivity contribution >= 4 is 17.3 Å². The van der Waals surface area contributed by atoms with E-state index in [2.05, 4.69) is 30.1 Å². The summed E-state index contributed by atoms with van der Waals surface area (Å²) in [4.78, 5) is 14.8. The van der Waals surface area contributed by atoms with Crippen molar-refractivity contribution in [3.05, 3.63) is 47.5 Å². The topological polar surface area (TPSA) is 50.8 Å². The molecule has 0 saturated carbocycles. The van der Waals surface area contributed by atoms with Gasteiger partial charge in [-0.25, -0.2) is 0 Å². The molecule has 0 aliphatic carbocycles. The molecule has 1 aliphatic heterocycles. The molecule has 132 valence electrons. The van der Waals surface area contributed by atoms with Crippen LogP contribution >= 0.6 is 0 Å². The van der Waals surface area contributed by atoms with Crippen LogP contribution in [0.3, 0.4) is 0 Å². The van der Waals surface area contributed by atoms with Gasteiger partial charge in [-0.1, -0.05) is 0 Å². The maximum atomic E-state index is 12.6. The molecule has 0 saturated heterocycles. The molecule has 0 bridgehead atoms. The summed E-state index contributed by atoms with van der Waals surface area (Å²) in [5.74, 6) is 1.14. The minimum atomic E-state index is -0.157. The Morgan fingerprint density at radius 1 is 1.04 bits per heavy atom. The molecule has 0 atom stereocenters. The van der Waals surface area contributed by atoms with E-state index in [9.17, 15) is 4.79 Å². The summed E-state index contributed by atoms with van der Waals surface area (Å²) in [6.45, 7) is 9.23. The fourth-order valence-electron chi connectivity index (χ4n) is 2.95. The molecular weight excluding hydrogens is 316 g/mol. The van der Waals surface area contributed by atoms with Gasteiger partial charge in [0, 0.05) is 30.0 Å². The summed E-state index contributed by atoms with van der Waals surface area (Å²) in [6.07, 6.45) is 0. The van der Waals surface area contributed by atoms with Crippen LogP contribution in [0.1, 0.15) is 29.8 Å². The number of benzene rings is 2. The van der Waals surface area contributed by atoms with Gasteiger partial charge in [0.2, 0.25) is 0 Å². The minimum Gasteiger partial charge on any atom is -0.486 e. The van der Waals surface area contributed by atoms with Crippen LogP contribution in [0.4, 0.5) is 11.4 Å². The van der Waals surface area contributed by atoms with Crippen LogP contribution in [0.25, 0.3) is 0 Å². The van der Waals surface area contributed by atoms with Gasteiger partial charge in [-0.3, -0.25) is 4.79 Å². The minimum absolute atomic E-state index is 0.157. The number of carbonyl (C=O) groups excluding carboxylic acids is 1. The number of fused-ring (bicyclic) bond motifs is 1. The Kier molecular flexibility index (Phi) is 5.12. The van der Waals surface area contributed by atoms with Crippen molar-refractivity contribution in [2.75, 3.05) is 36.5 Å². The number of rotatable bonds is 5. The van der Waals surface area contributed by atoms with E-state index >= 15 is 0 Å². The average Bonchev–Trinajstić information content (AvgIpc) is 2.64. The highest BCUT2D eigenvalue weighted by molar-refractivity contribution is 6.05. The molecule has 2 aromatic carbocycles. The fourth-order valence-corrected chi connectivity index (χ4v) is 2.95. The molecule has 0 unspecified atom stereocenters. The van der Waals surface area contributed by atoms with Gasteiger partial charge < -0.3 is 19.7 Å². The first-order chi connectivity index (χ1) is 12.1. The van der Waals surface area contributed by atoms with Gasteiger partial charge in [0.1, 0.15) is 13.2 Å². The van der Waals surface area contributed by atoms with Gasteiger partial charge in [-0.05, 0) is 62.7 Å². The number of amides is 1. The summed E-state index contributed by atoms with van der Waals surface area (Å²) < 4.78 is 11.0. The predicted octanol–water partition coefficient (Wildman–Crippen LogP) is 3.86. The van der Waals surface area contributed by atoms with E-state index < -0.39 is 0 Å². The predicted molar refractivity (Wildman–Crippen MR) is 100 cm³/mol. The Balaban J connectivity index is 1.77. The summed E-state index contributed by atoms with van der Waals surface area (Å²) >= 11 is 0. The van der Waals surface area contributed by atoms with Crippen LogP contribution in [0.2, 0.25) is 0 Å². The van der Waals surface area contributed by atoms with Gasteiger partial charge in [0.15, 0.2) is 11.5 Å². The second kappa shape index (κ2) is 7.47. The van der Waals surface area contributed by atoms with E-state index in [0.717, 1.165) is 24.3 Å². The lowest BCUT2D eigenvalue weighted by atomic mass is 10.1. The zero-order valence-electron chi connectivity index (χ0n) is 15.0. The van der Waals surface area contributed by atoms with Crippen LogP contribution in [0, 0.1) is 6.92 Å². The van der Waals surface area contributed by atoms with Crippen molar-refractivity contribution < 1.29 is 14.3 Å². The number of aryl methyl sites for hydroxylation is 1. The van der Waals surface area contributed by atoms with Crippen molar-refractivity contribution in [1.82, 2.24) is 0 Å². The first kappa shape index (κ1) is 17.1. The third-order valence-electron chi connectivity index (χ3n) is 4.39. The Morgan fingerprint density at radius 3 is 2.44 bits per heavy atom. The highest BCUT2D eigenvalue weighted by Gasteiger charge is 2.15. The number of hydrogen-bond acceptors (Lipinski definition) is 4. The largest absolute Gasteiger partial charge is 0.486 e. The normalized spacial score (nSPS) is 12.6. The van der Waals surface area contributed by atoms with E-state index in [1.54, 1.807) is 18.2 Å². The van der Waals surface area contributed by atoms with Crippen LogP contribution in [-0.4, -0.2) is 32.2 Å². The lowest BCUT2D eigenvalue weighted by Crippen LogP contribution is -2.22. The number of nitrogens with one attached hydrogen (secondary N) is 1. The van der Waals surface area contributed by atoms with Gasteiger partial charge in [-0.15, -0.1) is 0 Å². The molecule has 0 spiro atoms. The highest BCUT2D eigenvalue weighted by atomic mass is 16.6. The molecule has 1 aliphatic rings. The first-order valence-corrected chi connectivity index (χ1v) is 8.69. The molecule has 0 fully saturated rings. The second-order valence-electron chi connectivity index (χ2n) is 5.98. The van der Waals surface area contributed by atoms with E-state index in [-0.39, 0.29) is 5.91 Å². The summed E-state index contributed by atoms with van der Waals surface area (Å²) in [7, 11) is 0. The molecule has 25 heavy (non-hydrogen) atoms. The molecule has 0 aromatic heterocycles. The van der Waals surface area contributed by atoms with Crippen molar-refractivity contribution in [3.8, 4) is 11.5 Å². The lowest BCUT2D eigenvalue weighted by molar-refractivity contribution is 0.102. The number of carbonyl (C=O) groups is 1. The average molecular weight is 340 g/mol. The first-order valence-electron chi connectivity index (χ1n) is 8.69. The molecule has 0 radical (unpaired) electrons. The maximum absolute atomic E-state index is 12.6. The number of nitrogens with zero attached hydrogens (tertiary/aromatic N) is 1. The van der Waals surface area contributed by atoms with E-state index in [1.807, 2.05) is 19.1 Å². The standard InChI is InChI=1S/C20H24N2O3/c1-4-22(5-2)16-7-8-17(14(3)12-16)21-20(23)15-6-9-18-19(13-15)25-11-10-24-18/h6-9,12-13H,4-5,10-11H2,1-3H3,(H,21,23). The molecule has 2 aromatic rings. The van der Waals surface area contributed by atoms with E-state index in [1.165, 1.54) is 5.69 Å². The SMILES string of the molecule is CCN(CC)c1ccc(NC(=O)c2ccc3c(c2)OCCO3)c(C)c1. The zero-order valence-corrected chi connectivity index (χ0v) is 15.0. The number of ether oxygens (including phenoxy) is 2. The molecule has 1 N–H and O–H groups in total. The zero-order chi connectivity index (χ0) is 17.8. The molecule has 3 rings (SSSR count). The van der Waals surface area contributed by atoms with Crippen LogP contribution < -0.4 is 19.7 Å². The molecule has 5 nitrogen and oxygen atoms in total. The summed E-state index contributed by atoms with van der Waals surface area (Å²) in [6, 6.07) is 11.4. The molecule has 1 amide bonds. The third kappa shape index (κ3) is 3.71. The van der Waals surface area contributed by atoms with Gasteiger partial charge in [0.25, 0.3) is 5.91 Å². The van der Waals surface area contributed by atoms with Crippen molar-refractivity contribution in [1.29, 1.82) is 0 Å². The van der Waals surface area contributed by atoms with Crippen molar-refractivity contribution in [3.63, 3.8) is 0 Å². The van der Waals surface area contributed by atoms with Gasteiger partial charge >= 0.3 is 0 Å². The smallest absolute Gasteiger partial charge is 0.255 e. The van der Waals surface area contributed by atoms with Crippen molar-refractivity contribution in [2.24, 2.45) is 0 Å². The third-order valence-corrected chi connectivity index (χ3v) is 4.39. The molecular formula is C20H24N2O3.